The number of nitrogens with zero attached hydrogens (tertiary/aromatic N) is 1. The summed E-state index contributed by atoms with van der Waals surface area (Å²) in [5.74, 6) is 1.28. The molecule has 1 heterocycles. The van der Waals surface area contributed by atoms with Crippen LogP contribution < -0.4 is 5.32 Å². The smallest absolute Gasteiger partial charge is 0.251 e. The van der Waals surface area contributed by atoms with Crippen LogP contribution in [-0.2, 0) is 16.0 Å². The number of amides is 1. The van der Waals surface area contributed by atoms with E-state index >= 15 is 0 Å². The first-order chi connectivity index (χ1) is 11.3. The Balaban J connectivity index is 1.39. The van der Waals surface area contributed by atoms with Gasteiger partial charge in [-0.05, 0) is 25.2 Å². The highest BCUT2D eigenvalue weighted by Crippen LogP contribution is 2.26. The SMILES string of the molecule is O=C(COC1CCCCC1)Nc1cc(CC2CCCCC2)[nH]n1. The van der Waals surface area contributed by atoms with Gasteiger partial charge in [0.2, 0.25) is 0 Å². The van der Waals surface area contributed by atoms with Crippen LogP contribution in [-0.4, -0.2) is 28.8 Å². The van der Waals surface area contributed by atoms with E-state index in [1.54, 1.807) is 0 Å². The molecule has 0 saturated heterocycles. The molecular formula is C18H29N3O2. The molecule has 2 aliphatic carbocycles. The molecule has 1 aromatic rings. The van der Waals surface area contributed by atoms with E-state index in [1.165, 1.54) is 51.4 Å². The largest absolute Gasteiger partial charge is 0.368 e. The van der Waals surface area contributed by atoms with Gasteiger partial charge in [0.25, 0.3) is 5.91 Å². The van der Waals surface area contributed by atoms with Crippen molar-refractivity contribution in [2.24, 2.45) is 5.92 Å². The number of carbonyl (C=O) groups is 1. The van der Waals surface area contributed by atoms with E-state index in [0.717, 1.165) is 30.9 Å². The van der Waals surface area contributed by atoms with Crippen LogP contribution in [0.3, 0.4) is 0 Å². The predicted molar refractivity (Wildman–Crippen MR) is 90.3 cm³/mol. The highest BCUT2D eigenvalue weighted by Gasteiger charge is 2.17. The molecule has 0 bridgehead atoms. The van der Waals surface area contributed by atoms with Gasteiger partial charge in [-0.15, -0.1) is 0 Å². The molecule has 2 fully saturated rings. The highest BCUT2D eigenvalue weighted by molar-refractivity contribution is 5.90. The van der Waals surface area contributed by atoms with E-state index in [1.807, 2.05) is 6.07 Å². The van der Waals surface area contributed by atoms with Crippen molar-refractivity contribution >= 4 is 11.7 Å². The third-order valence-electron chi connectivity index (χ3n) is 5.13. The van der Waals surface area contributed by atoms with Crippen LogP contribution in [0.25, 0.3) is 0 Å². The molecule has 0 spiro atoms. The van der Waals surface area contributed by atoms with Gasteiger partial charge >= 0.3 is 0 Å². The van der Waals surface area contributed by atoms with Crippen molar-refractivity contribution in [3.05, 3.63) is 11.8 Å². The van der Waals surface area contributed by atoms with Crippen LogP contribution in [0, 0.1) is 5.92 Å². The van der Waals surface area contributed by atoms with Gasteiger partial charge in [-0.1, -0.05) is 51.4 Å². The molecule has 0 aliphatic heterocycles. The Morgan fingerprint density at radius 3 is 2.57 bits per heavy atom. The van der Waals surface area contributed by atoms with E-state index in [4.69, 9.17) is 4.74 Å². The third-order valence-corrected chi connectivity index (χ3v) is 5.13. The monoisotopic (exact) mass is 319 g/mol. The molecule has 2 saturated carbocycles. The minimum absolute atomic E-state index is 0.105. The topological polar surface area (TPSA) is 67.0 Å². The standard InChI is InChI=1S/C18H29N3O2/c22-18(13-23-16-9-5-2-6-10-16)19-17-12-15(20-21-17)11-14-7-3-1-4-8-14/h12,14,16H,1-11,13H2,(H2,19,20,21,22). The lowest BCUT2D eigenvalue weighted by Crippen LogP contribution is -2.24. The van der Waals surface area contributed by atoms with Crippen LogP contribution in [0.4, 0.5) is 5.82 Å². The first-order valence-corrected chi connectivity index (χ1v) is 9.25. The zero-order chi connectivity index (χ0) is 15.9. The molecule has 3 rings (SSSR count). The van der Waals surface area contributed by atoms with Crippen molar-refractivity contribution in [1.29, 1.82) is 0 Å². The summed E-state index contributed by atoms with van der Waals surface area (Å²) in [6.45, 7) is 0.134. The van der Waals surface area contributed by atoms with E-state index in [0.29, 0.717) is 5.82 Å². The molecule has 2 aliphatic rings. The zero-order valence-electron chi connectivity index (χ0n) is 14.0. The van der Waals surface area contributed by atoms with Crippen molar-refractivity contribution in [1.82, 2.24) is 10.2 Å². The zero-order valence-corrected chi connectivity index (χ0v) is 14.0. The van der Waals surface area contributed by atoms with Crippen LogP contribution in [0.2, 0.25) is 0 Å². The van der Waals surface area contributed by atoms with Gasteiger partial charge in [0.05, 0.1) is 6.10 Å². The quantitative estimate of drug-likeness (QED) is 0.837. The van der Waals surface area contributed by atoms with E-state index in [-0.39, 0.29) is 18.6 Å². The number of aromatic amines is 1. The first-order valence-electron chi connectivity index (χ1n) is 9.25. The predicted octanol–water partition coefficient (Wildman–Crippen LogP) is 3.82. The fraction of sp³-hybridized carbons (Fsp3) is 0.778. The lowest BCUT2D eigenvalue weighted by atomic mass is 9.86. The summed E-state index contributed by atoms with van der Waals surface area (Å²) in [5, 5.41) is 10.1. The summed E-state index contributed by atoms with van der Waals surface area (Å²) in [7, 11) is 0. The number of hydrogen-bond donors (Lipinski definition) is 2. The molecule has 128 valence electrons. The molecule has 1 amide bonds. The maximum Gasteiger partial charge on any atom is 0.251 e. The van der Waals surface area contributed by atoms with Crippen LogP contribution in [0.15, 0.2) is 6.07 Å². The van der Waals surface area contributed by atoms with Gasteiger partial charge in [0, 0.05) is 11.8 Å². The van der Waals surface area contributed by atoms with Gasteiger partial charge in [-0.2, -0.15) is 5.10 Å². The molecule has 5 nitrogen and oxygen atoms in total. The molecule has 5 heteroatoms. The number of carbonyl (C=O) groups excluding carboxylic acids is 1. The first kappa shape index (κ1) is 16.5. The molecule has 23 heavy (non-hydrogen) atoms. The number of nitrogens with one attached hydrogen (secondary N) is 2. The number of H-pyrrole nitrogens is 1. The molecule has 2 N–H and O–H groups in total. The Morgan fingerprint density at radius 1 is 1.13 bits per heavy atom. The molecule has 1 aromatic heterocycles. The van der Waals surface area contributed by atoms with Gasteiger partial charge in [0.15, 0.2) is 5.82 Å². The van der Waals surface area contributed by atoms with E-state index in [9.17, 15) is 4.79 Å². The van der Waals surface area contributed by atoms with Crippen molar-refractivity contribution in [2.45, 2.75) is 76.7 Å². The van der Waals surface area contributed by atoms with Gasteiger partial charge < -0.3 is 10.1 Å². The van der Waals surface area contributed by atoms with Gasteiger partial charge in [-0.3, -0.25) is 9.89 Å². The Labute approximate surface area is 138 Å². The van der Waals surface area contributed by atoms with Crippen molar-refractivity contribution in [3.8, 4) is 0 Å². The van der Waals surface area contributed by atoms with Gasteiger partial charge in [-0.25, -0.2) is 0 Å². The summed E-state index contributed by atoms with van der Waals surface area (Å²) in [6.07, 6.45) is 13.9. The molecule has 0 atom stereocenters. The Morgan fingerprint density at radius 2 is 1.83 bits per heavy atom. The maximum absolute atomic E-state index is 12.0. The molecule has 0 aromatic carbocycles. The molecule has 0 radical (unpaired) electrons. The second-order valence-corrected chi connectivity index (χ2v) is 7.11. The van der Waals surface area contributed by atoms with Crippen molar-refractivity contribution in [2.75, 3.05) is 11.9 Å². The molecular weight excluding hydrogens is 290 g/mol. The summed E-state index contributed by atoms with van der Waals surface area (Å²) in [5.41, 5.74) is 1.13. The van der Waals surface area contributed by atoms with Crippen LogP contribution in [0.1, 0.15) is 69.9 Å². The Bertz CT molecular complexity index is 488. The minimum Gasteiger partial charge on any atom is -0.368 e. The lowest BCUT2D eigenvalue weighted by molar-refractivity contribution is -0.123. The third kappa shape index (κ3) is 5.34. The fourth-order valence-electron chi connectivity index (χ4n) is 3.84. The number of hydrogen-bond acceptors (Lipinski definition) is 3. The summed E-state index contributed by atoms with van der Waals surface area (Å²) in [4.78, 5) is 12.0. The average molecular weight is 319 g/mol. The lowest BCUT2D eigenvalue weighted by Gasteiger charge is -2.21. The number of ether oxygens (including phenoxy) is 1. The van der Waals surface area contributed by atoms with Crippen molar-refractivity contribution in [3.63, 3.8) is 0 Å². The normalized spacial score (nSPS) is 20.5. The number of anilines is 1. The van der Waals surface area contributed by atoms with Crippen molar-refractivity contribution < 1.29 is 9.53 Å². The Kier molecular flexibility index (Phi) is 6.08. The Hall–Kier alpha value is -1.36. The van der Waals surface area contributed by atoms with E-state index in [2.05, 4.69) is 15.5 Å². The van der Waals surface area contributed by atoms with Crippen LogP contribution >= 0.6 is 0 Å². The fourth-order valence-corrected chi connectivity index (χ4v) is 3.84. The second-order valence-electron chi connectivity index (χ2n) is 7.11. The summed E-state index contributed by atoms with van der Waals surface area (Å²) < 4.78 is 5.70. The van der Waals surface area contributed by atoms with Crippen LogP contribution in [0.5, 0.6) is 0 Å². The number of aromatic nitrogens is 2. The summed E-state index contributed by atoms with van der Waals surface area (Å²) >= 11 is 0. The van der Waals surface area contributed by atoms with Gasteiger partial charge in [0.1, 0.15) is 6.61 Å². The maximum atomic E-state index is 12.0. The van der Waals surface area contributed by atoms with E-state index < -0.39 is 0 Å². The minimum atomic E-state index is -0.105. The average Bonchev–Trinajstić information content (AvgIpc) is 3.02. The highest BCUT2D eigenvalue weighted by atomic mass is 16.5. The molecule has 0 unspecified atom stereocenters. The summed E-state index contributed by atoms with van der Waals surface area (Å²) in [6, 6.07) is 1.97. The number of rotatable bonds is 6. The second kappa shape index (κ2) is 8.48.